The molecular weight excluding hydrogens is 195 g/mol. The highest BCUT2D eigenvalue weighted by Crippen LogP contribution is 2.18. The smallest absolute Gasteiger partial charge is 0.141 e. The van der Waals surface area contributed by atoms with E-state index in [4.69, 9.17) is 4.74 Å². The summed E-state index contributed by atoms with van der Waals surface area (Å²) in [7, 11) is 1.64. The van der Waals surface area contributed by atoms with E-state index in [0.29, 0.717) is 0 Å². The van der Waals surface area contributed by atoms with Crippen LogP contribution >= 0.6 is 0 Å². The number of methoxy groups -OCH3 is 1. The topological polar surface area (TPSA) is 34.2 Å². The van der Waals surface area contributed by atoms with Crippen molar-refractivity contribution < 1.29 is 9.13 Å². The summed E-state index contributed by atoms with van der Waals surface area (Å²) >= 11 is 0. The van der Waals surface area contributed by atoms with Gasteiger partial charge in [-0.05, 0) is 25.1 Å². The van der Waals surface area contributed by atoms with Gasteiger partial charge in [-0.25, -0.2) is 4.39 Å². The van der Waals surface area contributed by atoms with Crippen LogP contribution in [-0.4, -0.2) is 24.7 Å². The number of rotatable bonds is 5. The van der Waals surface area contributed by atoms with E-state index in [1.54, 1.807) is 13.3 Å². The van der Waals surface area contributed by atoms with E-state index in [1.807, 2.05) is 13.8 Å². The van der Waals surface area contributed by atoms with Crippen LogP contribution in [0.25, 0.3) is 0 Å². The van der Waals surface area contributed by atoms with E-state index in [1.165, 1.54) is 12.3 Å². The molecule has 0 amide bonds. The van der Waals surface area contributed by atoms with E-state index < -0.39 is 0 Å². The quantitative estimate of drug-likeness (QED) is 0.809. The van der Waals surface area contributed by atoms with Gasteiger partial charge in [0.25, 0.3) is 0 Å². The lowest BCUT2D eigenvalue weighted by atomic mass is 10.0. The molecule has 1 aromatic heterocycles. The molecule has 1 aromatic rings. The van der Waals surface area contributed by atoms with Crippen molar-refractivity contribution in [1.29, 1.82) is 0 Å². The zero-order chi connectivity index (χ0) is 11.3. The summed E-state index contributed by atoms with van der Waals surface area (Å²) in [5, 5.41) is 3.25. The molecule has 2 unspecified atom stereocenters. The van der Waals surface area contributed by atoms with Gasteiger partial charge in [0.1, 0.15) is 5.82 Å². The van der Waals surface area contributed by atoms with E-state index in [2.05, 4.69) is 10.3 Å². The van der Waals surface area contributed by atoms with Crippen molar-refractivity contribution in [1.82, 2.24) is 10.3 Å². The molecule has 0 saturated carbocycles. The van der Waals surface area contributed by atoms with Crippen molar-refractivity contribution in [3.05, 3.63) is 29.8 Å². The zero-order valence-electron chi connectivity index (χ0n) is 9.33. The molecule has 0 spiro atoms. The summed E-state index contributed by atoms with van der Waals surface area (Å²) in [6.07, 6.45) is 2.84. The zero-order valence-corrected chi connectivity index (χ0v) is 9.33. The van der Waals surface area contributed by atoms with Crippen LogP contribution in [0.2, 0.25) is 0 Å². The highest BCUT2D eigenvalue weighted by atomic mass is 19.1. The average molecular weight is 212 g/mol. The van der Waals surface area contributed by atoms with Gasteiger partial charge in [-0.2, -0.15) is 0 Å². The van der Waals surface area contributed by atoms with E-state index in [9.17, 15) is 4.39 Å². The van der Waals surface area contributed by atoms with Gasteiger partial charge in [0.05, 0.1) is 18.3 Å². The Morgan fingerprint density at radius 2 is 2.27 bits per heavy atom. The fraction of sp³-hybridized carbons (Fsp3) is 0.545. The molecule has 0 aliphatic rings. The van der Waals surface area contributed by atoms with Gasteiger partial charge in [-0.1, -0.05) is 6.92 Å². The van der Waals surface area contributed by atoms with Crippen molar-refractivity contribution in [2.24, 2.45) is 0 Å². The number of nitrogens with zero attached hydrogens (tertiary/aromatic N) is 1. The second kappa shape index (κ2) is 5.78. The Labute approximate surface area is 89.7 Å². The maximum Gasteiger partial charge on any atom is 0.141 e. The Hall–Kier alpha value is -1.00. The second-order valence-corrected chi connectivity index (χ2v) is 3.41. The third-order valence-electron chi connectivity index (χ3n) is 2.35. The largest absolute Gasteiger partial charge is 0.380 e. The Morgan fingerprint density at radius 3 is 2.80 bits per heavy atom. The molecule has 4 heteroatoms. The number of hydrogen-bond donors (Lipinski definition) is 1. The molecule has 0 bridgehead atoms. The second-order valence-electron chi connectivity index (χ2n) is 3.41. The molecule has 0 aliphatic heterocycles. The van der Waals surface area contributed by atoms with Crippen molar-refractivity contribution in [3.8, 4) is 0 Å². The third kappa shape index (κ3) is 3.25. The fourth-order valence-electron chi connectivity index (χ4n) is 1.51. The molecule has 2 atom stereocenters. The number of likely N-dealkylation sites (N-methyl/N-ethyl adjacent to an activating group) is 1. The van der Waals surface area contributed by atoms with Gasteiger partial charge in [-0.3, -0.25) is 4.98 Å². The van der Waals surface area contributed by atoms with Crippen LogP contribution in [0.3, 0.4) is 0 Å². The predicted molar refractivity (Wildman–Crippen MR) is 57.1 cm³/mol. The van der Waals surface area contributed by atoms with Crippen molar-refractivity contribution in [3.63, 3.8) is 0 Å². The number of aromatic nitrogens is 1. The molecule has 0 radical (unpaired) electrons. The van der Waals surface area contributed by atoms with Gasteiger partial charge >= 0.3 is 0 Å². The summed E-state index contributed by atoms with van der Waals surface area (Å²) in [6.45, 7) is 4.75. The van der Waals surface area contributed by atoms with Crippen LogP contribution in [-0.2, 0) is 4.74 Å². The average Bonchev–Trinajstić information content (AvgIpc) is 2.25. The molecule has 3 nitrogen and oxygen atoms in total. The van der Waals surface area contributed by atoms with Gasteiger partial charge in [-0.15, -0.1) is 0 Å². The minimum atomic E-state index is -0.321. The minimum absolute atomic E-state index is 0.0199. The maximum absolute atomic E-state index is 13.0. The van der Waals surface area contributed by atoms with Crippen LogP contribution < -0.4 is 5.32 Å². The summed E-state index contributed by atoms with van der Waals surface area (Å²) in [5.74, 6) is -0.321. The SMILES string of the molecule is CCNC(c1cncc(F)c1)C(C)OC. The lowest BCUT2D eigenvalue weighted by Crippen LogP contribution is -2.31. The molecule has 1 N–H and O–H groups in total. The number of pyridine rings is 1. The Bertz CT molecular complexity index is 306. The molecule has 0 aromatic carbocycles. The van der Waals surface area contributed by atoms with Gasteiger partial charge in [0.15, 0.2) is 0 Å². The predicted octanol–water partition coefficient (Wildman–Crippen LogP) is 1.91. The fourth-order valence-corrected chi connectivity index (χ4v) is 1.51. The first-order valence-corrected chi connectivity index (χ1v) is 5.05. The lowest BCUT2D eigenvalue weighted by molar-refractivity contribution is 0.0833. The number of nitrogens with one attached hydrogen (secondary N) is 1. The molecule has 1 rings (SSSR count). The summed E-state index contributed by atoms with van der Waals surface area (Å²) in [6, 6.07) is 1.46. The minimum Gasteiger partial charge on any atom is -0.380 e. The molecule has 0 saturated heterocycles. The van der Waals surface area contributed by atoms with Gasteiger partial charge in [0.2, 0.25) is 0 Å². The molecule has 15 heavy (non-hydrogen) atoms. The molecule has 84 valence electrons. The standard InChI is InChI=1S/C11H17FN2O/c1-4-14-11(8(2)15-3)9-5-10(12)7-13-6-9/h5-8,11,14H,4H2,1-3H3. The van der Waals surface area contributed by atoms with Crippen LogP contribution in [0.15, 0.2) is 18.5 Å². The Balaban J connectivity index is 2.88. The third-order valence-corrected chi connectivity index (χ3v) is 2.35. The van der Waals surface area contributed by atoms with Crippen molar-refractivity contribution >= 4 is 0 Å². The molecule has 0 fully saturated rings. The molecular formula is C11H17FN2O. The Kier molecular flexibility index (Phi) is 4.65. The van der Waals surface area contributed by atoms with Crippen molar-refractivity contribution in [2.75, 3.05) is 13.7 Å². The normalized spacial score (nSPS) is 14.9. The first-order valence-electron chi connectivity index (χ1n) is 5.05. The van der Waals surface area contributed by atoms with E-state index in [0.717, 1.165) is 12.1 Å². The summed E-state index contributed by atoms with van der Waals surface area (Å²) in [4.78, 5) is 3.83. The Morgan fingerprint density at radius 1 is 1.53 bits per heavy atom. The van der Waals surface area contributed by atoms with Gasteiger partial charge in [0, 0.05) is 13.3 Å². The highest BCUT2D eigenvalue weighted by molar-refractivity contribution is 5.16. The van der Waals surface area contributed by atoms with Crippen LogP contribution in [0.1, 0.15) is 25.5 Å². The highest BCUT2D eigenvalue weighted by Gasteiger charge is 2.18. The monoisotopic (exact) mass is 212 g/mol. The van der Waals surface area contributed by atoms with Gasteiger partial charge < -0.3 is 10.1 Å². The maximum atomic E-state index is 13.0. The first kappa shape index (κ1) is 12.1. The molecule has 0 aliphatic carbocycles. The summed E-state index contributed by atoms with van der Waals surface area (Å²) in [5.41, 5.74) is 0.811. The van der Waals surface area contributed by atoms with Crippen molar-refractivity contribution in [2.45, 2.75) is 26.0 Å². The lowest BCUT2D eigenvalue weighted by Gasteiger charge is -2.23. The van der Waals surface area contributed by atoms with Crippen LogP contribution in [0, 0.1) is 5.82 Å². The number of ether oxygens (including phenoxy) is 1. The molecule has 1 heterocycles. The van der Waals surface area contributed by atoms with E-state index in [-0.39, 0.29) is 18.0 Å². The van der Waals surface area contributed by atoms with Crippen LogP contribution in [0.4, 0.5) is 4.39 Å². The van der Waals surface area contributed by atoms with E-state index >= 15 is 0 Å². The summed E-state index contributed by atoms with van der Waals surface area (Å²) < 4.78 is 18.3. The first-order chi connectivity index (χ1) is 7.19. The number of hydrogen-bond acceptors (Lipinski definition) is 3. The van der Waals surface area contributed by atoms with Crippen LogP contribution in [0.5, 0.6) is 0 Å². The number of halogens is 1.